The first kappa shape index (κ1) is 26.7. The van der Waals surface area contributed by atoms with Crippen LogP contribution in [0, 0.1) is 38.7 Å². The van der Waals surface area contributed by atoms with Crippen LogP contribution in [0.15, 0.2) is 11.6 Å². The first-order chi connectivity index (χ1) is 16.7. The highest BCUT2D eigenvalue weighted by Crippen LogP contribution is 2.68. The van der Waals surface area contributed by atoms with Crippen molar-refractivity contribution < 1.29 is 44.7 Å². The maximum absolute atomic E-state index is 13.1. The number of carbonyl (C=O) groups is 3. The molecular formula is C25H35NO10. The van der Waals surface area contributed by atoms with Crippen LogP contribution in [-0.4, -0.2) is 67.0 Å². The first-order valence-electron chi connectivity index (χ1n) is 12.6. The van der Waals surface area contributed by atoms with Gasteiger partial charge in [-0.2, -0.15) is 0 Å². The number of ketones is 2. The fourth-order valence-electron chi connectivity index (χ4n) is 8.19. The Morgan fingerprint density at radius 2 is 1.94 bits per heavy atom. The Bertz CT molecular complexity index is 995. The summed E-state index contributed by atoms with van der Waals surface area (Å²) in [4.78, 5) is 51.4. The number of nitrogens with zero attached hydrogens (tertiary/aromatic N) is 1. The van der Waals surface area contributed by atoms with Crippen molar-refractivity contribution in [3.05, 3.63) is 21.8 Å². The van der Waals surface area contributed by atoms with E-state index in [0.29, 0.717) is 32.1 Å². The third-order valence-corrected chi connectivity index (χ3v) is 9.98. The zero-order chi connectivity index (χ0) is 26.6. The summed E-state index contributed by atoms with van der Waals surface area (Å²) in [5.74, 6) is -2.57. The third-order valence-electron chi connectivity index (χ3n) is 9.98. The summed E-state index contributed by atoms with van der Waals surface area (Å²) >= 11 is 0. The molecule has 4 rings (SSSR count). The van der Waals surface area contributed by atoms with E-state index in [1.54, 1.807) is 13.0 Å². The molecule has 2 unspecified atom stereocenters. The molecule has 0 aromatic carbocycles. The van der Waals surface area contributed by atoms with Crippen molar-refractivity contribution in [1.82, 2.24) is 0 Å². The Labute approximate surface area is 208 Å². The van der Waals surface area contributed by atoms with Gasteiger partial charge in [0.1, 0.15) is 11.7 Å². The summed E-state index contributed by atoms with van der Waals surface area (Å²) < 4.78 is 0. The van der Waals surface area contributed by atoms with Gasteiger partial charge < -0.3 is 25.3 Å². The number of carbonyl (C=O) groups excluding carboxylic acids is 2. The highest BCUT2D eigenvalue weighted by molar-refractivity contribution is 5.91. The van der Waals surface area contributed by atoms with Gasteiger partial charge in [0, 0.05) is 18.3 Å². The molecule has 0 saturated heterocycles. The zero-order valence-electron chi connectivity index (χ0n) is 20.6. The Morgan fingerprint density at radius 3 is 2.58 bits per heavy atom. The summed E-state index contributed by atoms with van der Waals surface area (Å²) in [6.45, 7) is 3.84. The lowest BCUT2D eigenvalue weighted by molar-refractivity contribution is -0.764. The van der Waals surface area contributed by atoms with E-state index in [-0.39, 0.29) is 41.8 Å². The van der Waals surface area contributed by atoms with E-state index in [9.17, 15) is 39.8 Å². The zero-order valence-corrected chi connectivity index (χ0v) is 20.6. The third kappa shape index (κ3) is 4.05. The molecule has 0 bridgehead atoms. The number of allylic oxidation sites excluding steroid dienone is 1. The SMILES string of the molecule is C[C@]12CCC(=O)C=C1CC[C@@H]1[C@@H]2[C@@H](O)C[C@@]2(C)[C@H]1CC[C@]2(O)C(O)C(=O)C(CCC(=O)O)O[N+](=O)[O-]. The van der Waals surface area contributed by atoms with E-state index in [0.717, 1.165) is 5.57 Å². The molecule has 11 nitrogen and oxygen atoms in total. The van der Waals surface area contributed by atoms with Gasteiger partial charge in [-0.3, -0.25) is 14.4 Å². The van der Waals surface area contributed by atoms with Crippen molar-refractivity contribution in [2.24, 2.45) is 28.6 Å². The van der Waals surface area contributed by atoms with Crippen LogP contribution in [0.2, 0.25) is 0 Å². The second-order valence-corrected chi connectivity index (χ2v) is 11.6. The number of hydrogen-bond acceptors (Lipinski definition) is 9. The van der Waals surface area contributed by atoms with E-state index in [1.165, 1.54) is 0 Å². The van der Waals surface area contributed by atoms with Crippen LogP contribution in [-0.2, 0) is 19.2 Å². The summed E-state index contributed by atoms with van der Waals surface area (Å²) in [6, 6.07) is 0. The molecule has 0 amide bonds. The molecule has 0 radical (unpaired) electrons. The van der Waals surface area contributed by atoms with E-state index in [4.69, 9.17) is 5.11 Å². The first-order valence-corrected chi connectivity index (χ1v) is 12.6. The predicted octanol–water partition coefficient (Wildman–Crippen LogP) is 1.59. The second-order valence-electron chi connectivity index (χ2n) is 11.6. The lowest BCUT2D eigenvalue weighted by Crippen LogP contribution is -2.64. The lowest BCUT2D eigenvalue weighted by Gasteiger charge is -2.61. The maximum atomic E-state index is 13.1. The van der Waals surface area contributed by atoms with Gasteiger partial charge in [0.2, 0.25) is 0 Å². The van der Waals surface area contributed by atoms with Crippen LogP contribution in [0.1, 0.15) is 71.6 Å². The summed E-state index contributed by atoms with van der Waals surface area (Å²) in [5.41, 5.74) is -2.31. The molecular weight excluding hydrogens is 474 g/mol. The summed E-state index contributed by atoms with van der Waals surface area (Å²) in [5, 5.41) is 53.0. The Hall–Kier alpha value is -2.37. The van der Waals surface area contributed by atoms with Gasteiger partial charge >= 0.3 is 5.97 Å². The van der Waals surface area contributed by atoms with Gasteiger partial charge in [-0.05, 0) is 74.2 Å². The van der Waals surface area contributed by atoms with E-state index in [2.05, 4.69) is 11.8 Å². The van der Waals surface area contributed by atoms with Gasteiger partial charge in [0.25, 0.3) is 5.09 Å². The van der Waals surface area contributed by atoms with E-state index < -0.39 is 59.0 Å². The fourth-order valence-corrected chi connectivity index (χ4v) is 8.19. The number of rotatable bonds is 8. The number of carboxylic acid groups (broad SMARTS) is 1. The van der Waals surface area contributed by atoms with Gasteiger partial charge in [-0.1, -0.05) is 19.4 Å². The van der Waals surface area contributed by atoms with Crippen molar-refractivity contribution in [2.45, 2.75) is 95.5 Å². The van der Waals surface area contributed by atoms with E-state index in [1.807, 2.05) is 0 Å². The van der Waals surface area contributed by atoms with Crippen molar-refractivity contribution in [1.29, 1.82) is 0 Å². The van der Waals surface area contributed by atoms with Crippen molar-refractivity contribution in [3.8, 4) is 0 Å². The normalized spacial score (nSPS) is 41.2. The molecule has 0 spiro atoms. The molecule has 0 heterocycles. The van der Waals surface area contributed by atoms with Gasteiger partial charge in [0.15, 0.2) is 17.7 Å². The number of aliphatic hydroxyl groups excluding tert-OH is 2. The summed E-state index contributed by atoms with van der Waals surface area (Å²) in [6.07, 6.45) is -0.964. The smallest absolute Gasteiger partial charge is 0.303 e. The van der Waals surface area contributed by atoms with Crippen LogP contribution in [0.4, 0.5) is 0 Å². The maximum Gasteiger partial charge on any atom is 0.303 e. The number of fused-ring (bicyclic) bond motifs is 5. The number of aliphatic carboxylic acids is 1. The van der Waals surface area contributed by atoms with Crippen molar-refractivity contribution in [3.63, 3.8) is 0 Å². The number of aliphatic hydroxyl groups is 3. The van der Waals surface area contributed by atoms with E-state index >= 15 is 0 Å². The van der Waals surface area contributed by atoms with Crippen LogP contribution in [0.3, 0.4) is 0 Å². The van der Waals surface area contributed by atoms with Gasteiger partial charge in [0.05, 0.1) is 6.10 Å². The molecule has 9 atom stereocenters. The molecule has 0 aromatic heterocycles. The highest BCUT2D eigenvalue weighted by Gasteiger charge is 2.69. The summed E-state index contributed by atoms with van der Waals surface area (Å²) in [7, 11) is 0. The van der Waals surface area contributed by atoms with Gasteiger partial charge in [-0.15, -0.1) is 10.1 Å². The average molecular weight is 510 g/mol. The van der Waals surface area contributed by atoms with Crippen LogP contribution < -0.4 is 0 Å². The second kappa shape index (κ2) is 9.18. The minimum absolute atomic E-state index is 0.00302. The quantitative estimate of drug-likeness (QED) is 0.277. The largest absolute Gasteiger partial charge is 0.481 e. The average Bonchev–Trinajstić information content (AvgIpc) is 3.06. The number of Topliss-reactive ketones (excluding diaryl/α,β-unsaturated/α-hetero) is 1. The Kier molecular flexibility index (Phi) is 6.81. The van der Waals surface area contributed by atoms with Crippen LogP contribution in [0.5, 0.6) is 0 Å². The predicted molar refractivity (Wildman–Crippen MR) is 123 cm³/mol. The molecule has 3 fully saturated rings. The Morgan fingerprint density at radius 1 is 1.25 bits per heavy atom. The minimum Gasteiger partial charge on any atom is -0.481 e. The number of carboxylic acids is 1. The molecule has 4 aliphatic carbocycles. The molecule has 4 N–H and O–H groups in total. The topological polar surface area (TPSA) is 184 Å². The fraction of sp³-hybridized carbons (Fsp3) is 0.800. The Balaban J connectivity index is 1.62. The van der Waals surface area contributed by atoms with Gasteiger partial charge in [-0.25, -0.2) is 0 Å². The molecule has 0 aromatic rings. The molecule has 4 aliphatic rings. The lowest BCUT2D eigenvalue weighted by atomic mass is 9.45. The standard InChI is InChI=1S/C25H35NO10/c1-23-9-7-14(27)11-13(23)3-4-15-16-8-10-25(33,24(16,2)12-17(28)20(15)23)22(32)21(31)18(36-26(34)35)5-6-19(29)30/h11,15-18,20,22,28,32-33H,3-10,12H2,1-2H3,(H,29,30)/t15-,16-,17-,18?,20+,22?,23-,24-,25-/m0/s1. The monoisotopic (exact) mass is 509 g/mol. The molecule has 200 valence electrons. The molecule has 11 heteroatoms. The van der Waals surface area contributed by atoms with Crippen molar-refractivity contribution in [2.75, 3.05) is 0 Å². The van der Waals surface area contributed by atoms with Crippen molar-refractivity contribution >= 4 is 17.5 Å². The van der Waals surface area contributed by atoms with Crippen LogP contribution in [0.25, 0.3) is 0 Å². The van der Waals surface area contributed by atoms with Crippen LogP contribution >= 0.6 is 0 Å². The highest BCUT2D eigenvalue weighted by atomic mass is 17.0. The molecule has 0 aliphatic heterocycles. The minimum atomic E-state index is -2.04. The number of hydrogen-bond donors (Lipinski definition) is 4. The molecule has 36 heavy (non-hydrogen) atoms. The molecule has 3 saturated carbocycles.